The van der Waals surface area contributed by atoms with Crippen molar-refractivity contribution in [1.29, 1.82) is 0 Å². The summed E-state index contributed by atoms with van der Waals surface area (Å²) >= 11 is 0. The molecule has 2 aromatic carbocycles. The summed E-state index contributed by atoms with van der Waals surface area (Å²) in [4.78, 5) is 35.2. The lowest BCUT2D eigenvalue weighted by molar-refractivity contribution is -0.137. The molecule has 0 radical (unpaired) electrons. The summed E-state index contributed by atoms with van der Waals surface area (Å²) in [6, 6.07) is 8.66. The van der Waals surface area contributed by atoms with Gasteiger partial charge in [0.15, 0.2) is 11.6 Å². The third kappa shape index (κ3) is 4.53. The molecule has 1 unspecified atom stereocenters. The molecule has 1 aliphatic rings. The number of aromatic hydroxyl groups is 1. The van der Waals surface area contributed by atoms with Crippen molar-refractivity contribution in [3.8, 4) is 11.5 Å². The van der Waals surface area contributed by atoms with Gasteiger partial charge in [0.1, 0.15) is 18.1 Å². The van der Waals surface area contributed by atoms with E-state index < -0.39 is 11.9 Å². The van der Waals surface area contributed by atoms with Crippen LogP contribution in [0.5, 0.6) is 11.5 Å². The zero-order valence-electron chi connectivity index (χ0n) is 17.2. The molecule has 1 aliphatic carbocycles. The van der Waals surface area contributed by atoms with Crippen molar-refractivity contribution in [2.75, 3.05) is 0 Å². The minimum Gasteiger partial charge on any atom is -0.507 e. The fourth-order valence-corrected chi connectivity index (χ4v) is 3.98. The van der Waals surface area contributed by atoms with Gasteiger partial charge in [-0.1, -0.05) is 19.4 Å². The predicted octanol–water partition coefficient (Wildman–Crippen LogP) is 4.35. The highest BCUT2D eigenvalue weighted by molar-refractivity contribution is 6.01. The molecule has 3 rings (SSSR count). The van der Waals surface area contributed by atoms with E-state index in [1.54, 1.807) is 24.3 Å². The van der Waals surface area contributed by atoms with Gasteiger partial charge in [-0.25, -0.2) is 0 Å². The highest BCUT2D eigenvalue weighted by Crippen LogP contribution is 2.32. The Morgan fingerprint density at radius 3 is 2.63 bits per heavy atom. The quantitative estimate of drug-likeness (QED) is 0.628. The number of aryl methyl sites for hydroxylation is 1. The van der Waals surface area contributed by atoms with Gasteiger partial charge >= 0.3 is 5.97 Å². The first kappa shape index (κ1) is 21.6. The zero-order valence-corrected chi connectivity index (χ0v) is 17.2. The topological polar surface area (TPSA) is 101 Å². The van der Waals surface area contributed by atoms with E-state index in [2.05, 4.69) is 0 Å². The summed E-state index contributed by atoms with van der Waals surface area (Å²) in [7, 11) is 0. The lowest BCUT2D eigenvalue weighted by Crippen LogP contribution is -2.24. The number of phenolic OH excluding ortho intramolecular Hbond substituents is 1. The van der Waals surface area contributed by atoms with Crippen LogP contribution in [0.1, 0.15) is 70.5 Å². The molecule has 0 amide bonds. The first-order valence-electron chi connectivity index (χ1n) is 10.2. The number of hydrogen-bond acceptors (Lipinski definition) is 5. The molecular formula is C24H26O6. The smallest absolute Gasteiger partial charge is 0.304 e. The molecule has 0 aliphatic heterocycles. The van der Waals surface area contributed by atoms with Gasteiger partial charge in [-0.15, -0.1) is 0 Å². The van der Waals surface area contributed by atoms with E-state index >= 15 is 0 Å². The molecule has 30 heavy (non-hydrogen) atoms. The number of benzene rings is 2. The summed E-state index contributed by atoms with van der Waals surface area (Å²) in [6.07, 6.45) is 2.46. The molecule has 0 fully saturated rings. The Bertz CT molecular complexity index is 991. The van der Waals surface area contributed by atoms with Crippen molar-refractivity contribution in [1.82, 2.24) is 0 Å². The van der Waals surface area contributed by atoms with E-state index in [-0.39, 0.29) is 30.3 Å². The first-order chi connectivity index (χ1) is 14.3. The van der Waals surface area contributed by atoms with E-state index in [1.165, 1.54) is 6.92 Å². The van der Waals surface area contributed by atoms with Crippen molar-refractivity contribution in [2.45, 2.75) is 52.6 Å². The molecule has 0 heterocycles. The molecule has 6 nitrogen and oxygen atoms in total. The van der Waals surface area contributed by atoms with Gasteiger partial charge in [0.2, 0.25) is 0 Å². The van der Waals surface area contributed by atoms with E-state index in [1.807, 2.05) is 13.0 Å². The number of ether oxygens (including phenoxy) is 1. The second-order valence-corrected chi connectivity index (χ2v) is 7.71. The Morgan fingerprint density at radius 2 is 1.97 bits per heavy atom. The second-order valence-electron chi connectivity index (χ2n) is 7.71. The maximum Gasteiger partial charge on any atom is 0.304 e. The minimum absolute atomic E-state index is 0.0194. The molecule has 2 N–H and O–H groups in total. The largest absolute Gasteiger partial charge is 0.507 e. The van der Waals surface area contributed by atoms with Gasteiger partial charge in [-0.3, -0.25) is 14.4 Å². The SMILES string of the molecule is CCCc1c(COc2ccc3c(c2)CCC(CC(=O)O)C3=O)ccc(C(C)=O)c1O. The number of aliphatic carboxylic acids is 1. The zero-order chi connectivity index (χ0) is 21.8. The van der Waals surface area contributed by atoms with Crippen LogP contribution in [0.2, 0.25) is 0 Å². The lowest BCUT2D eigenvalue weighted by atomic mass is 9.81. The fourth-order valence-electron chi connectivity index (χ4n) is 3.98. The number of carboxylic acid groups (broad SMARTS) is 1. The first-order valence-corrected chi connectivity index (χ1v) is 10.2. The van der Waals surface area contributed by atoms with E-state index in [0.717, 1.165) is 23.1 Å². The molecule has 0 saturated carbocycles. The van der Waals surface area contributed by atoms with Crippen LogP contribution in [0.4, 0.5) is 0 Å². The summed E-state index contributed by atoms with van der Waals surface area (Å²) in [5, 5.41) is 19.5. The maximum absolute atomic E-state index is 12.5. The van der Waals surface area contributed by atoms with E-state index in [0.29, 0.717) is 36.1 Å². The lowest BCUT2D eigenvalue weighted by Gasteiger charge is -2.22. The Kier molecular flexibility index (Phi) is 6.55. The number of fused-ring (bicyclic) bond motifs is 1. The van der Waals surface area contributed by atoms with Crippen molar-refractivity contribution >= 4 is 17.5 Å². The normalized spacial score (nSPS) is 15.5. The minimum atomic E-state index is -0.960. The van der Waals surface area contributed by atoms with E-state index in [9.17, 15) is 19.5 Å². The highest BCUT2D eigenvalue weighted by atomic mass is 16.5. The van der Waals surface area contributed by atoms with Crippen LogP contribution in [0, 0.1) is 5.92 Å². The Labute approximate surface area is 175 Å². The number of Topliss-reactive ketones (excluding diaryl/α,β-unsaturated/α-hetero) is 2. The molecule has 158 valence electrons. The van der Waals surface area contributed by atoms with Crippen LogP contribution < -0.4 is 4.74 Å². The molecule has 0 saturated heterocycles. The predicted molar refractivity (Wildman–Crippen MR) is 111 cm³/mol. The second kappa shape index (κ2) is 9.11. The third-order valence-electron chi connectivity index (χ3n) is 5.55. The molecular weight excluding hydrogens is 384 g/mol. The molecule has 1 atom stereocenters. The summed E-state index contributed by atoms with van der Waals surface area (Å²) in [5.41, 5.74) is 3.27. The summed E-state index contributed by atoms with van der Waals surface area (Å²) in [5.74, 6) is -1.11. The van der Waals surface area contributed by atoms with Gasteiger partial charge < -0.3 is 14.9 Å². The summed E-state index contributed by atoms with van der Waals surface area (Å²) in [6.45, 7) is 3.66. The van der Waals surface area contributed by atoms with Crippen LogP contribution in [0.15, 0.2) is 30.3 Å². The van der Waals surface area contributed by atoms with Gasteiger partial charge in [-0.05, 0) is 61.6 Å². The summed E-state index contributed by atoms with van der Waals surface area (Å²) < 4.78 is 5.93. The Balaban J connectivity index is 1.78. The Morgan fingerprint density at radius 1 is 1.20 bits per heavy atom. The van der Waals surface area contributed by atoms with Crippen LogP contribution in [0.3, 0.4) is 0 Å². The number of carboxylic acids is 1. The third-order valence-corrected chi connectivity index (χ3v) is 5.55. The van der Waals surface area contributed by atoms with Gasteiger partial charge in [0.05, 0.1) is 12.0 Å². The number of carbonyl (C=O) groups is 3. The van der Waals surface area contributed by atoms with Crippen LogP contribution in [-0.2, 0) is 24.2 Å². The van der Waals surface area contributed by atoms with Crippen molar-refractivity contribution in [2.24, 2.45) is 5.92 Å². The standard InChI is InChI=1S/C24H26O6/c1-3-4-20-17(7-9-19(14(2)25)24(20)29)13-30-18-8-10-21-15(11-18)5-6-16(23(21)28)12-22(26)27/h7-11,16,29H,3-6,12-13H2,1-2H3,(H,26,27). The van der Waals surface area contributed by atoms with Crippen molar-refractivity contribution < 1.29 is 29.3 Å². The fraction of sp³-hybridized carbons (Fsp3) is 0.375. The highest BCUT2D eigenvalue weighted by Gasteiger charge is 2.29. The molecule has 2 aromatic rings. The van der Waals surface area contributed by atoms with Gasteiger partial charge in [0, 0.05) is 17.0 Å². The average Bonchev–Trinajstić information content (AvgIpc) is 2.70. The Hall–Kier alpha value is -3.15. The number of rotatable bonds is 8. The monoisotopic (exact) mass is 410 g/mol. The maximum atomic E-state index is 12.5. The van der Waals surface area contributed by atoms with Crippen molar-refractivity contribution in [3.05, 3.63) is 58.1 Å². The van der Waals surface area contributed by atoms with Gasteiger partial charge in [0.25, 0.3) is 0 Å². The van der Waals surface area contributed by atoms with Crippen LogP contribution in [0.25, 0.3) is 0 Å². The van der Waals surface area contributed by atoms with Gasteiger partial charge in [-0.2, -0.15) is 0 Å². The molecule has 0 bridgehead atoms. The van der Waals surface area contributed by atoms with Crippen molar-refractivity contribution in [3.63, 3.8) is 0 Å². The molecule has 6 heteroatoms. The molecule has 0 aromatic heterocycles. The number of ketones is 2. The molecule has 0 spiro atoms. The van der Waals surface area contributed by atoms with Crippen LogP contribution in [-0.4, -0.2) is 27.7 Å². The number of hydrogen-bond donors (Lipinski definition) is 2. The average molecular weight is 410 g/mol. The number of carbonyl (C=O) groups excluding carboxylic acids is 2. The van der Waals surface area contributed by atoms with E-state index in [4.69, 9.17) is 9.84 Å². The van der Waals surface area contributed by atoms with Crippen LogP contribution >= 0.6 is 0 Å². The number of phenols is 1.